The van der Waals surface area contributed by atoms with Crippen LogP contribution in [-0.2, 0) is 16.6 Å². The number of rotatable bonds is 7. The van der Waals surface area contributed by atoms with Gasteiger partial charge in [-0.2, -0.15) is 5.10 Å². The van der Waals surface area contributed by atoms with Gasteiger partial charge in [0.2, 0.25) is 10.0 Å². The van der Waals surface area contributed by atoms with Crippen LogP contribution in [-0.4, -0.2) is 31.9 Å². The Morgan fingerprint density at radius 2 is 1.79 bits per heavy atom. The first-order valence-corrected chi connectivity index (χ1v) is 9.96. The molecule has 0 spiro atoms. The highest BCUT2D eigenvalue weighted by Gasteiger charge is 2.16. The molecule has 1 aromatic heterocycles. The molecule has 0 fully saturated rings. The minimum Gasteiger partial charge on any atom is -0.494 e. The normalized spacial score (nSPS) is 11.4. The Hall–Kier alpha value is -3.11. The van der Waals surface area contributed by atoms with Gasteiger partial charge >= 0.3 is 0 Å². The van der Waals surface area contributed by atoms with E-state index in [1.165, 1.54) is 55.6 Å². The smallest absolute Gasteiger partial charge is 0.266 e. The fourth-order valence-electron chi connectivity index (χ4n) is 2.57. The summed E-state index contributed by atoms with van der Waals surface area (Å²) in [6.45, 7) is -0.193. The molecule has 152 valence electrons. The van der Waals surface area contributed by atoms with Gasteiger partial charge in [0.25, 0.3) is 5.56 Å². The van der Waals surface area contributed by atoms with E-state index in [4.69, 9.17) is 4.74 Å². The van der Waals surface area contributed by atoms with Crippen LogP contribution in [0.1, 0.15) is 0 Å². The molecule has 0 aliphatic carbocycles. The number of sulfonamides is 1. The molecule has 1 heterocycles. The topological polar surface area (TPSA) is 90.3 Å². The predicted octanol–water partition coefficient (Wildman–Crippen LogP) is 2.18. The van der Waals surface area contributed by atoms with Crippen molar-refractivity contribution in [2.75, 3.05) is 13.7 Å². The van der Waals surface area contributed by atoms with Crippen LogP contribution in [0.5, 0.6) is 5.75 Å². The highest BCUT2D eigenvalue weighted by Crippen LogP contribution is 2.20. The third kappa shape index (κ3) is 4.84. The van der Waals surface area contributed by atoms with Crippen molar-refractivity contribution in [1.82, 2.24) is 14.5 Å². The zero-order valence-corrected chi connectivity index (χ0v) is 16.1. The molecule has 0 aliphatic rings. The average Bonchev–Trinajstić information content (AvgIpc) is 2.70. The molecule has 0 atom stereocenters. The Balaban J connectivity index is 1.73. The lowest BCUT2D eigenvalue weighted by Crippen LogP contribution is -2.32. The third-order valence-electron chi connectivity index (χ3n) is 4.06. The van der Waals surface area contributed by atoms with Gasteiger partial charge in [-0.05, 0) is 48.5 Å². The Kier molecular flexibility index (Phi) is 6.04. The second kappa shape index (κ2) is 8.50. The van der Waals surface area contributed by atoms with Gasteiger partial charge in [-0.15, -0.1) is 0 Å². The molecule has 0 saturated carbocycles. The number of nitrogens with zero attached hydrogens (tertiary/aromatic N) is 2. The van der Waals surface area contributed by atoms with E-state index in [0.717, 1.165) is 10.7 Å². The van der Waals surface area contributed by atoms with E-state index in [2.05, 4.69) is 9.82 Å². The van der Waals surface area contributed by atoms with Crippen LogP contribution >= 0.6 is 0 Å². The van der Waals surface area contributed by atoms with Crippen LogP contribution in [0.4, 0.5) is 8.78 Å². The van der Waals surface area contributed by atoms with E-state index in [9.17, 15) is 22.0 Å². The number of ether oxygens (including phenoxy) is 1. The maximum atomic E-state index is 13.8. The zero-order valence-electron chi connectivity index (χ0n) is 15.3. The first-order chi connectivity index (χ1) is 13.8. The molecule has 0 bridgehead atoms. The van der Waals surface area contributed by atoms with Crippen LogP contribution in [0.3, 0.4) is 0 Å². The molecule has 0 saturated heterocycles. The summed E-state index contributed by atoms with van der Waals surface area (Å²) in [7, 11) is -2.71. The van der Waals surface area contributed by atoms with Gasteiger partial charge in [0.1, 0.15) is 5.82 Å². The molecular formula is C19H17F2N3O4S. The summed E-state index contributed by atoms with van der Waals surface area (Å²) in [5.41, 5.74) is 0.615. The lowest BCUT2D eigenvalue weighted by Gasteiger charge is -2.10. The van der Waals surface area contributed by atoms with E-state index in [0.29, 0.717) is 11.3 Å². The summed E-state index contributed by atoms with van der Waals surface area (Å²) in [5, 5.41) is 4.17. The van der Waals surface area contributed by atoms with Crippen molar-refractivity contribution in [3.63, 3.8) is 0 Å². The minimum atomic E-state index is -3.99. The third-order valence-corrected chi connectivity index (χ3v) is 5.51. The van der Waals surface area contributed by atoms with E-state index in [-0.39, 0.29) is 23.7 Å². The van der Waals surface area contributed by atoms with Gasteiger partial charge < -0.3 is 4.74 Å². The predicted molar refractivity (Wildman–Crippen MR) is 102 cm³/mol. The second-order valence-electron chi connectivity index (χ2n) is 5.98. The maximum Gasteiger partial charge on any atom is 0.266 e. The Morgan fingerprint density at radius 3 is 2.45 bits per heavy atom. The molecule has 10 heteroatoms. The van der Waals surface area contributed by atoms with Crippen LogP contribution in [0.2, 0.25) is 0 Å². The summed E-state index contributed by atoms with van der Waals surface area (Å²) in [5.74, 6) is -1.27. The molecule has 1 N–H and O–H groups in total. The molecule has 2 aromatic carbocycles. The number of aromatic nitrogens is 2. The SMILES string of the molecule is COc1ccc(S(=O)(=O)NCCn2nc(-c3ccc(F)cc3)ccc2=O)cc1F. The molecule has 0 amide bonds. The first-order valence-electron chi connectivity index (χ1n) is 8.47. The van der Waals surface area contributed by atoms with Crippen molar-refractivity contribution in [1.29, 1.82) is 0 Å². The molecule has 29 heavy (non-hydrogen) atoms. The van der Waals surface area contributed by atoms with Crippen LogP contribution in [0.15, 0.2) is 64.3 Å². The van der Waals surface area contributed by atoms with E-state index in [1.807, 2.05) is 0 Å². The van der Waals surface area contributed by atoms with Crippen LogP contribution in [0, 0.1) is 11.6 Å². The lowest BCUT2D eigenvalue weighted by molar-refractivity contribution is 0.385. The summed E-state index contributed by atoms with van der Waals surface area (Å²) in [6, 6.07) is 11.6. The van der Waals surface area contributed by atoms with Gasteiger partial charge in [-0.3, -0.25) is 4.79 Å². The largest absolute Gasteiger partial charge is 0.494 e. The standard InChI is InChI=1S/C19H17F2N3O4S/c1-28-18-8-6-15(12-16(18)21)29(26,27)22-10-11-24-19(25)9-7-17(23-24)13-2-4-14(20)5-3-13/h2-9,12,22H,10-11H2,1H3. The molecule has 0 aliphatic heterocycles. The molecule has 3 aromatic rings. The molecular weight excluding hydrogens is 404 g/mol. The van der Waals surface area contributed by atoms with Crippen molar-refractivity contribution >= 4 is 10.0 Å². The first kappa shape index (κ1) is 20.6. The molecule has 0 radical (unpaired) electrons. The lowest BCUT2D eigenvalue weighted by atomic mass is 10.1. The van der Waals surface area contributed by atoms with Crippen molar-refractivity contribution in [3.05, 3.63) is 76.6 Å². The number of methoxy groups -OCH3 is 1. The number of hydrogen-bond donors (Lipinski definition) is 1. The highest BCUT2D eigenvalue weighted by molar-refractivity contribution is 7.89. The van der Waals surface area contributed by atoms with Crippen molar-refractivity contribution in [2.45, 2.75) is 11.4 Å². The van der Waals surface area contributed by atoms with Gasteiger partial charge in [0.05, 0.1) is 24.2 Å². The van der Waals surface area contributed by atoms with Gasteiger partial charge in [-0.25, -0.2) is 26.6 Å². The number of nitrogens with one attached hydrogen (secondary N) is 1. The molecule has 7 nitrogen and oxygen atoms in total. The Morgan fingerprint density at radius 1 is 1.07 bits per heavy atom. The Labute approximate surface area is 165 Å². The van der Waals surface area contributed by atoms with Gasteiger partial charge in [0.15, 0.2) is 11.6 Å². The average molecular weight is 421 g/mol. The molecule has 3 rings (SSSR count). The fraction of sp³-hybridized carbons (Fsp3) is 0.158. The zero-order chi connectivity index (χ0) is 21.0. The van der Waals surface area contributed by atoms with E-state index >= 15 is 0 Å². The summed E-state index contributed by atoms with van der Waals surface area (Å²) in [6.07, 6.45) is 0. The number of halogens is 2. The quantitative estimate of drug-likeness (QED) is 0.632. The van der Waals surface area contributed by atoms with Crippen molar-refractivity contribution < 1.29 is 21.9 Å². The van der Waals surface area contributed by atoms with E-state index < -0.39 is 27.2 Å². The van der Waals surface area contributed by atoms with Gasteiger partial charge in [-0.1, -0.05) is 0 Å². The summed E-state index contributed by atoms with van der Waals surface area (Å²) in [4.78, 5) is 11.7. The fourth-order valence-corrected chi connectivity index (χ4v) is 3.60. The monoisotopic (exact) mass is 421 g/mol. The maximum absolute atomic E-state index is 13.8. The van der Waals surface area contributed by atoms with E-state index in [1.54, 1.807) is 0 Å². The Bertz CT molecular complexity index is 1180. The second-order valence-corrected chi connectivity index (χ2v) is 7.75. The summed E-state index contributed by atoms with van der Waals surface area (Å²) < 4.78 is 59.6. The highest BCUT2D eigenvalue weighted by atomic mass is 32.2. The summed E-state index contributed by atoms with van der Waals surface area (Å²) >= 11 is 0. The van der Waals surface area contributed by atoms with Crippen LogP contribution < -0.4 is 15.0 Å². The van der Waals surface area contributed by atoms with Crippen molar-refractivity contribution in [2.24, 2.45) is 0 Å². The van der Waals surface area contributed by atoms with Crippen molar-refractivity contribution in [3.8, 4) is 17.0 Å². The minimum absolute atomic E-state index is 0.0499. The number of benzene rings is 2. The van der Waals surface area contributed by atoms with Crippen LogP contribution in [0.25, 0.3) is 11.3 Å². The van der Waals surface area contributed by atoms with Gasteiger partial charge in [0, 0.05) is 18.2 Å². The number of hydrogen-bond acceptors (Lipinski definition) is 5. The molecule has 0 unspecified atom stereocenters.